The molecular weight excluding hydrogens is 206 g/mol. The van der Waals surface area contributed by atoms with E-state index in [1.54, 1.807) is 0 Å². The van der Waals surface area contributed by atoms with Crippen molar-refractivity contribution >= 4 is 0 Å². The number of hydrogen-bond acceptors (Lipinski definition) is 1. The lowest BCUT2D eigenvalue weighted by atomic mass is 9.92. The van der Waals surface area contributed by atoms with Crippen LogP contribution in [0.15, 0.2) is 48.5 Å². The van der Waals surface area contributed by atoms with Crippen LogP contribution in [0, 0.1) is 0 Å². The van der Waals surface area contributed by atoms with Gasteiger partial charge in [-0.3, -0.25) is 0 Å². The molecule has 2 aromatic carbocycles. The summed E-state index contributed by atoms with van der Waals surface area (Å²) in [6, 6.07) is 17.5. The minimum atomic E-state index is 0.467. The molecule has 0 bridgehead atoms. The van der Waals surface area contributed by atoms with Crippen LogP contribution in [-0.2, 0) is 12.8 Å². The quantitative estimate of drug-likeness (QED) is 0.790. The van der Waals surface area contributed by atoms with Gasteiger partial charge in [-0.1, -0.05) is 48.5 Å². The lowest BCUT2D eigenvalue weighted by Gasteiger charge is -2.15. The monoisotopic (exact) mass is 223 g/mol. The van der Waals surface area contributed by atoms with Crippen molar-refractivity contribution in [2.75, 3.05) is 6.54 Å². The average Bonchev–Trinajstić information content (AvgIpc) is 2.54. The summed E-state index contributed by atoms with van der Waals surface area (Å²) in [7, 11) is 0. The molecule has 0 heterocycles. The van der Waals surface area contributed by atoms with Crippen molar-refractivity contribution in [1.82, 2.24) is 0 Å². The van der Waals surface area contributed by atoms with Crippen LogP contribution < -0.4 is 5.73 Å². The van der Waals surface area contributed by atoms with Crippen molar-refractivity contribution in [3.63, 3.8) is 0 Å². The molecule has 86 valence electrons. The second-order valence-electron chi connectivity index (χ2n) is 4.78. The van der Waals surface area contributed by atoms with E-state index < -0.39 is 0 Å². The van der Waals surface area contributed by atoms with Gasteiger partial charge < -0.3 is 5.73 Å². The Morgan fingerprint density at radius 3 is 2.29 bits per heavy atom. The highest BCUT2D eigenvalue weighted by Gasteiger charge is 2.19. The first-order chi connectivity index (χ1) is 8.38. The van der Waals surface area contributed by atoms with E-state index in [9.17, 15) is 0 Å². The molecule has 0 aromatic heterocycles. The minimum absolute atomic E-state index is 0.467. The molecule has 0 amide bonds. The second-order valence-corrected chi connectivity index (χ2v) is 4.78. The smallest absolute Gasteiger partial charge is 0.000452 e. The summed E-state index contributed by atoms with van der Waals surface area (Å²) in [5.41, 5.74) is 11.7. The fourth-order valence-corrected chi connectivity index (χ4v) is 2.81. The first-order valence-corrected chi connectivity index (χ1v) is 6.23. The Morgan fingerprint density at radius 2 is 1.53 bits per heavy atom. The number of benzene rings is 2. The molecule has 1 aliphatic carbocycles. The van der Waals surface area contributed by atoms with Crippen molar-refractivity contribution in [2.24, 2.45) is 5.73 Å². The highest BCUT2D eigenvalue weighted by molar-refractivity contribution is 5.42. The van der Waals surface area contributed by atoms with Gasteiger partial charge in [0.1, 0.15) is 0 Å². The molecule has 1 heteroatoms. The molecule has 2 aromatic rings. The van der Waals surface area contributed by atoms with Crippen LogP contribution in [-0.4, -0.2) is 6.54 Å². The van der Waals surface area contributed by atoms with Crippen molar-refractivity contribution in [2.45, 2.75) is 18.8 Å². The predicted octanol–water partition coefficient (Wildman–Crippen LogP) is 2.88. The summed E-state index contributed by atoms with van der Waals surface area (Å²) in [5, 5.41) is 0. The molecular formula is C16H17N. The topological polar surface area (TPSA) is 26.0 Å². The maximum Gasteiger partial charge on any atom is 0.000452 e. The molecule has 0 spiro atoms. The Kier molecular flexibility index (Phi) is 2.69. The number of nitrogens with two attached hydrogens (primary N) is 1. The maximum absolute atomic E-state index is 5.94. The molecule has 17 heavy (non-hydrogen) atoms. The second kappa shape index (κ2) is 4.34. The van der Waals surface area contributed by atoms with Gasteiger partial charge in [-0.05, 0) is 41.6 Å². The van der Waals surface area contributed by atoms with Gasteiger partial charge in [-0.15, -0.1) is 0 Å². The van der Waals surface area contributed by atoms with Crippen molar-refractivity contribution in [1.29, 1.82) is 0 Å². The zero-order valence-corrected chi connectivity index (χ0v) is 9.89. The summed E-state index contributed by atoms with van der Waals surface area (Å²) >= 11 is 0. The molecule has 1 atom stereocenters. The van der Waals surface area contributed by atoms with Gasteiger partial charge in [0.25, 0.3) is 0 Å². The van der Waals surface area contributed by atoms with Crippen molar-refractivity contribution in [3.8, 4) is 0 Å². The van der Waals surface area contributed by atoms with Gasteiger partial charge in [0.05, 0.1) is 0 Å². The maximum atomic E-state index is 5.94. The van der Waals surface area contributed by atoms with Gasteiger partial charge >= 0.3 is 0 Å². The standard InChI is InChI=1S/C16H17N/c17-11-15-10-13-6-2-1-5-12(13)9-14-7-3-4-8-16(14)15/h1-8,15H,9-11,17H2/t15-/m0/s1. The van der Waals surface area contributed by atoms with Gasteiger partial charge in [-0.25, -0.2) is 0 Å². The Labute approximate surface area is 102 Å². The van der Waals surface area contributed by atoms with E-state index in [0.717, 1.165) is 19.4 Å². The lowest BCUT2D eigenvalue weighted by Crippen LogP contribution is -2.15. The minimum Gasteiger partial charge on any atom is -0.330 e. The van der Waals surface area contributed by atoms with E-state index in [0.29, 0.717) is 5.92 Å². The first-order valence-electron chi connectivity index (χ1n) is 6.23. The number of rotatable bonds is 1. The zero-order chi connectivity index (χ0) is 11.7. The molecule has 0 unspecified atom stereocenters. The fourth-order valence-electron chi connectivity index (χ4n) is 2.81. The summed E-state index contributed by atoms with van der Waals surface area (Å²) in [6.45, 7) is 0.728. The van der Waals surface area contributed by atoms with Crippen molar-refractivity contribution < 1.29 is 0 Å². The van der Waals surface area contributed by atoms with Crippen LogP contribution in [0.4, 0.5) is 0 Å². The zero-order valence-electron chi connectivity index (χ0n) is 9.89. The molecule has 0 fully saturated rings. The summed E-state index contributed by atoms with van der Waals surface area (Å²) in [5.74, 6) is 0.467. The normalized spacial score (nSPS) is 18.1. The van der Waals surface area contributed by atoms with Gasteiger partial charge in [0, 0.05) is 5.92 Å². The molecule has 0 saturated carbocycles. The Morgan fingerprint density at radius 1 is 0.882 bits per heavy atom. The third-order valence-electron chi connectivity index (χ3n) is 3.75. The fraction of sp³-hybridized carbons (Fsp3) is 0.250. The third-order valence-corrected chi connectivity index (χ3v) is 3.75. The Balaban J connectivity index is 2.13. The number of hydrogen-bond donors (Lipinski definition) is 1. The van der Waals surface area contributed by atoms with E-state index in [1.807, 2.05) is 0 Å². The van der Waals surface area contributed by atoms with Gasteiger partial charge in [0.2, 0.25) is 0 Å². The number of fused-ring (bicyclic) bond motifs is 2. The van der Waals surface area contributed by atoms with E-state index >= 15 is 0 Å². The van der Waals surface area contributed by atoms with Crippen LogP contribution in [0.2, 0.25) is 0 Å². The molecule has 0 aliphatic heterocycles. The van der Waals surface area contributed by atoms with E-state index in [-0.39, 0.29) is 0 Å². The van der Waals surface area contributed by atoms with E-state index in [1.165, 1.54) is 22.3 Å². The predicted molar refractivity (Wildman–Crippen MR) is 71.2 cm³/mol. The highest BCUT2D eigenvalue weighted by atomic mass is 14.5. The van der Waals surface area contributed by atoms with Crippen LogP contribution in [0.5, 0.6) is 0 Å². The molecule has 0 saturated heterocycles. The average molecular weight is 223 g/mol. The highest BCUT2D eigenvalue weighted by Crippen LogP contribution is 2.31. The summed E-state index contributed by atoms with van der Waals surface area (Å²) in [4.78, 5) is 0. The van der Waals surface area contributed by atoms with Crippen LogP contribution in [0.25, 0.3) is 0 Å². The molecule has 0 radical (unpaired) electrons. The van der Waals surface area contributed by atoms with E-state index in [2.05, 4.69) is 48.5 Å². The summed E-state index contributed by atoms with van der Waals surface area (Å²) < 4.78 is 0. The lowest BCUT2D eigenvalue weighted by molar-refractivity contribution is 0.696. The van der Waals surface area contributed by atoms with Crippen LogP contribution in [0.3, 0.4) is 0 Å². The molecule has 2 N–H and O–H groups in total. The van der Waals surface area contributed by atoms with Gasteiger partial charge in [-0.2, -0.15) is 0 Å². The largest absolute Gasteiger partial charge is 0.330 e. The van der Waals surface area contributed by atoms with Crippen molar-refractivity contribution in [3.05, 3.63) is 70.8 Å². The molecule has 1 aliphatic rings. The first kappa shape index (κ1) is 10.5. The SMILES string of the molecule is NC[C@@H]1Cc2ccccc2Cc2ccccc21. The van der Waals surface area contributed by atoms with Crippen LogP contribution in [0.1, 0.15) is 28.2 Å². The van der Waals surface area contributed by atoms with Crippen LogP contribution >= 0.6 is 0 Å². The molecule has 3 rings (SSSR count). The Bertz CT molecular complexity index is 531. The summed E-state index contributed by atoms with van der Waals surface area (Å²) in [6.07, 6.45) is 2.12. The third kappa shape index (κ3) is 1.87. The molecule has 1 nitrogen and oxygen atoms in total. The van der Waals surface area contributed by atoms with Gasteiger partial charge in [0.15, 0.2) is 0 Å². The Hall–Kier alpha value is -1.60. The van der Waals surface area contributed by atoms with E-state index in [4.69, 9.17) is 5.73 Å².